The quantitative estimate of drug-likeness (QED) is 0.522. The van der Waals surface area contributed by atoms with Crippen molar-refractivity contribution in [1.82, 2.24) is 10.2 Å². The predicted octanol–water partition coefficient (Wildman–Crippen LogP) is 0.170. The Morgan fingerprint density at radius 2 is 2.60 bits per heavy atom. The number of aromatic nitrogens is 2. The Morgan fingerprint density at radius 3 is 3.20 bits per heavy atom. The van der Waals surface area contributed by atoms with Gasteiger partial charge in [0.05, 0.1) is 11.9 Å². The lowest BCUT2D eigenvalue weighted by Crippen LogP contribution is -2.07. The van der Waals surface area contributed by atoms with Crippen molar-refractivity contribution >= 4 is 5.69 Å². The summed E-state index contributed by atoms with van der Waals surface area (Å²) in [5.41, 5.74) is 6.33. The smallest absolute Gasteiger partial charge is 0.0723 e. The largest absolute Gasteiger partial charge is 0.382 e. The molecule has 0 bridgehead atoms. The maximum Gasteiger partial charge on any atom is 0.0723 e. The molecular weight excluding hydrogens is 128 g/mol. The molecule has 0 fully saturated rings. The average Bonchev–Trinajstić information content (AvgIpc) is 2.41. The van der Waals surface area contributed by atoms with Crippen molar-refractivity contribution in [3.8, 4) is 0 Å². The number of aromatic amines is 1. The van der Waals surface area contributed by atoms with Crippen LogP contribution in [0.25, 0.3) is 0 Å². The van der Waals surface area contributed by atoms with Crippen LogP contribution < -0.4 is 11.1 Å². The highest BCUT2D eigenvalue weighted by Gasteiger charge is 1.88. The first-order chi connectivity index (χ1) is 4.93. The van der Waals surface area contributed by atoms with Gasteiger partial charge in [0.25, 0.3) is 0 Å². The second kappa shape index (κ2) is 3.90. The lowest BCUT2D eigenvalue weighted by Gasteiger charge is -1.98. The van der Waals surface area contributed by atoms with E-state index in [1.165, 1.54) is 0 Å². The van der Waals surface area contributed by atoms with Gasteiger partial charge in [-0.25, -0.2) is 0 Å². The van der Waals surface area contributed by atoms with Crippen LogP contribution in [0.4, 0.5) is 5.69 Å². The summed E-state index contributed by atoms with van der Waals surface area (Å²) < 4.78 is 0. The lowest BCUT2D eigenvalue weighted by molar-refractivity contribution is 0.874. The molecule has 1 aromatic rings. The molecule has 56 valence electrons. The highest BCUT2D eigenvalue weighted by molar-refractivity contribution is 5.37. The first kappa shape index (κ1) is 7.08. The van der Waals surface area contributed by atoms with Gasteiger partial charge < -0.3 is 11.1 Å². The van der Waals surface area contributed by atoms with E-state index in [9.17, 15) is 0 Å². The fourth-order valence-electron chi connectivity index (χ4n) is 0.682. The Balaban J connectivity index is 2.15. The highest BCUT2D eigenvalue weighted by Crippen LogP contribution is 1.99. The van der Waals surface area contributed by atoms with Gasteiger partial charge in [-0.2, -0.15) is 5.10 Å². The van der Waals surface area contributed by atoms with Crippen LogP contribution in [-0.2, 0) is 0 Å². The Kier molecular flexibility index (Phi) is 2.76. The zero-order chi connectivity index (χ0) is 7.23. The van der Waals surface area contributed by atoms with Crippen LogP contribution in [0.1, 0.15) is 6.42 Å². The molecule has 0 aromatic carbocycles. The minimum absolute atomic E-state index is 0.727. The number of nitrogens with one attached hydrogen (secondary N) is 2. The van der Waals surface area contributed by atoms with Crippen LogP contribution in [0, 0.1) is 0 Å². The minimum atomic E-state index is 0.727. The van der Waals surface area contributed by atoms with Gasteiger partial charge in [-0.3, -0.25) is 5.10 Å². The monoisotopic (exact) mass is 140 g/mol. The molecule has 10 heavy (non-hydrogen) atoms. The van der Waals surface area contributed by atoms with Crippen molar-refractivity contribution in [1.29, 1.82) is 0 Å². The minimum Gasteiger partial charge on any atom is -0.382 e. The summed E-state index contributed by atoms with van der Waals surface area (Å²) in [6.07, 6.45) is 4.55. The van der Waals surface area contributed by atoms with Crippen molar-refractivity contribution in [2.45, 2.75) is 6.42 Å². The molecule has 0 aliphatic carbocycles. The van der Waals surface area contributed by atoms with E-state index in [-0.39, 0.29) is 0 Å². The zero-order valence-corrected chi connectivity index (χ0v) is 5.80. The summed E-state index contributed by atoms with van der Waals surface area (Å²) in [7, 11) is 0. The molecule has 0 amide bonds. The Labute approximate surface area is 59.8 Å². The van der Waals surface area contributed by atoms with E-state index < -0.39 is 0 Å². The van der Waals surface area contributed by atoms with Crippen molar-refractivity contribution < 1.29 is 0 Å². The number of nitrogens with two attached hydrogens (primary N) is 1. The summed E-state index contributed by atoms with van der Waals surface area (Å²) in [5.74, 6) is 0. The second-order valence-corrected chi connectivity index (χ2v) is 2.06. The summed E-state index contributed by atoms with van der Waals surface area (Å²) in [4.78, 5) is 0. The van der Waals surface area contributed by atoms with Crippen molar-refractivity contribution in [3.63, 3.8) is 0 Å². The molecule has 0 radical (unpaired) electrons. The van der Waals surface area contributed by atoms with Gasteiger partial charge in [-0.05, 0) is 13.0 Å². The second-order valence-electron chi connectivity index (χ2n) is 2.06. The lowest BCUT2D eigenvalue weighted by atomic mass is 10.4. The van der Waals surface area contributed by atoms with Gasteiger partial charge in [0.1, 0.15) is 0 Å². The first-order valence-electron chi connectivity index (χ1n) is 3.36. The molecule has 4 nitrogen and oxygen atoms in total. The van der Waals surface area contributed by atoms with Gasteiger partial charge in [0.2, 0.25) is 0 Å². The average molecular weight is 140 g/mol. The predicted molar refractivity (Wildman–Crippen MR) is 40.7 cm³/mol. The fourth-order valence-corrected chi connectivity index (χ4v) is 0.682. The number of rotatable bonds is 4. The van der Waals surface area contributed by atoms with Gasteiger partial charge in [0, 0.05) is 12.7 Å². The fraction of sp³-hybridized carbons (Fsp3) is 0.500. The van der Waals surface area contributed by atoms with Gasteiger partial charge >= 0.3 is 0 Å². The maximum absolute atomic E-state index is 5.30. The number of H-pyrrole nitrogens is 1. The molecule has 0 unspecified atom stereocenters. The summed E-state index contributed by atoms with van der Waals surface area (Å²) in [6.45, 7) is 1.64. The van der Waals surface area contributed by atoms with Crippen LogP contribution in [0.3, 0.4) is 0 Å². The summed E-state index contributed by atoms with van der Waals surface area (Å²) >= 11 is 0. The topological polar surface area (TPSA) is 66.7 Å². The molecule has 4 heteroatoms. The van der Waals surface area contributed by atoms with E-state index >= 15 is 0 Å². The molecular formula is C6H12N4. The normalized spacial score (nSPS) is 9.70. The summed E-state index contributed by atoms with van der Waals surface area (Å²) in [6, 6.07) is 0. The molecule has 4 N–H and O–H groups in total. The third-order valence-corrected chi connectivity index (χ3v) is 1.21. The Morgan fingerprint density at radius 1 is 1.70 bits per heavy atom. The van der Waals surface area contributed by atoms with E-state index in [2.05, 4.69) is 15.5 Å². The molecule has 0 atom stereocenters. The molecule has 1 aromatic heterocycles. The van der Waals surface area contributed by atoms with E-state index in [1.807, 2.05) is 6.20 Å². The third kappa shape index (κ3) is 2.06. The van der Waals surface area contributed by atoms with Crippen LogP contribution >= 0.6 is 0 Å². The Hall–Kier alpha value is -1.03. The van der Waals surface area contributed by atoms with E-state index in [0.717, 1.165) is 25.2 Å². The maximum atomic E-state index is 5.30. The van der Waals surface area contributed by atoms with Crippen LogP contribution in [0.15, 0.2) is 12.4 Å². The van der Waals surface area contributed by atoms with Gasteiger partial charge in [-0.1, -0.05) is 0 Å². The Bertz CT molecular complexity index is 158. The highest BCUT2D eigenvalue weighted by atomic mass is 15.1. The molecule has 0 saturated heterocycles. The molecule has 1 heterocycles. The van der Waals surface area contributed by atoms with Crippen molar-refractivity contribution in [2.75, 3.05) is 18.4 Å². The molecule has 1 rings (SSSR count). The molecule has 0 aliphatic rings. The van der Waals surface area contributed by atoms with Gasteiger partial charge in [-0.15, -0.1) is 0 Å². The van der Waals surface area contributed by atoms with E-state index in [4.69, 9.17) is 5.73 Å². The first-order valence-corrected chi connectivity index (χ1v) is 3.36. The van der Waals surface area contributed by atoms with E-state index in [0.29, 0.717) is 0 Å². The third-order valence-electron chi connectivity index (χ3n) is 1.21. The molecule has 0 aliphatic heterocycles. The van der Waals surface area contributed by atoms with Crippen LogP contribution in [0.5, 0.6) is 0 Å². The van der Waals surface area contributed by atoms with E-state index in [1.54, 1.807) is 6.20 Å². The summed E-state index contributed by atoms with van der Waals surface area (Å²) in [5, 5.41) is 9.65. The van der Waals surface area contributed by atoms with Crippen molar-refractivity contribution in [3.05, 3.63) is 12.4 Å². The number of anilines is 1. The number of hydrogen-bond donors (Lipinski definition) is 3. The number of nitrogens with zero attached hydrogens (tertiary/aromatic N) is 1. The van der Waals surface area contributed by atoms with Crippen LogP contribution in [0.2, 0.25) is 0 Å². The van der Waals surface area contributed by atoms with Crippen molar-refractivity contribution in [2.24, 2.45) is 5.73 Å². The zero-order valence-electron chi connectivity index (χ0n) is 5.80. The molecule has 0 saturated carbocycles. The van der Waals surface area contributed by atoms with Crippen LogP contribution in [-0.4, -0.2) is 23.3 Å². The standard InChI is InChI=1S/C6H12N4/c7-2-1-3-8-6-4-9-10-5-6/h4-5,8H,1-3,7H2,(H,9,10). The SMILES string of the molecule is NCCCNc1cn[nH]c1. The van der Waals surface area contributed by atoms with Gasteiger partial charge in [0.15, 0.2) is 0 Å². The number of hydrogen-bond acceptors (Lipinski definition) is 3. The molecule has 0 spiro atoms.